The molecule has 0 bridgehead atoms. The van der Waals surface area contributed by atoms with Crippen LogP contribution in [0, 0.1) is 12.7 Å². The number of carbonyl (C=O) groups is 1. The molecule has 0 aromatic heterocycles. The molecule has 1 N–H and O–H groups in total. The van der Waals surface area contributed by atoms with Gasteiger partial charge in [-0.2, -0.15) is 0 Å². The highest BCUT2D eigenvalue weighted by molar-refractivity contribution is 9.10. The monoisotopic (exact) mass is 394 g/mol. The Balaban J connectivity index is 1.76. The number of rotatable bonds is 7. The lowest BCUT2D eigenvalue weighted by Crippen LogP contribution is -2.33. The van der Waals surface area contributed by atoms with Gasteiger partial charge >= 0.3 is 0 Å². The van der Waals surface area contributed by atoms with E-state index in [1.807, 2.05) is 37.1 Å². The van der Waals surface area contributed by atoms with E-state index in [0.29, 0.717) is 13.2 Å². The smallest absolute Gasteiger partial charge is 0.238 e. The van der Waals surface area contributed by atoms with Crippen molar-refractivity contribution in [3.05, 3.63) is 58.3 Å². The van der Waals surface area contributed by atoms with Gasteiger partial charge in [0.15, 0.2) is 11.6 Å². The van der Waals surface area contributed by atoms with Gasteiger partial charge in [0, 0.05) is 16.7 Å². The number of ether oxygens (including phenoxy) is 1. The molecule has 0 spiro atoms. The first-order chi connectivity index (χ1) is 11.5. The molecule has 0 fully saturated rings. The zero-order valence-electron chi connectivity index (χ0n) is 13.7. The van der Waals surface area contributed by atoms with Crippen LogP contribution in [-0.4, -0.2) is 37.6 Å². The van der Waals surface area contributed by atoms with Crippen molar-refractivity contribution in [1.29, 1.82) is 0 Å². The lowest BCUT2D eigenvalue weighted by Gasteiger charge is -2.17. The number of hydrogen-bond donors (Lipinski definition) is 1. The van der Waals surface area contributed by atoms with Crippen LogP contribution in [0.1, 0.15) is 5.56 Å². The van der Waals surface area contributed by atoms with Crippen LogP contribution in [0.5, 0.6) is 5.75 Å². The van der Waals surface area contributed by atoms with Crippen molar-refractivity contribution in [1.82, 2.24) is 4.90 Å². The molecule has 0 heterocycles. The van der Waals surface area contributed by atoms with Gasteiger partial charge in [0.2, 0.25) is 5.91 Å². The Bertz CT molecular complexity index is 709. The molecule has 1 amide bonds. The predicted octanol–water partition coefficient (Wildman–Crippen LogP) is 3.85. The lowest BCUT2D eigenvalue weighted by molar-refractivity contribution is -0.117. The number of likely N-dealkylation sites (N-methyl/N-ethyl adjacent to an activating group) is 1. The summed E-state index contributed by atoms with van der Waals surface area (Å²) in [7, 11) is 1.82. The summed E-state index contributed by atoms with van der Waals surface area (Å²) >= 11 is 3.39. The number of benzene rings is 2. The third-order valence-electron chi connectivity index (χ3n) is 3.44. The van der Waals surface area contributed by atoms with E-state index in [1.165, 1.54) is 6.07 Å². The Hall–Kier alpha value is -1.92. The Morgan fingerprint density at radius 3 is 2.75 bits per heavy atom. The molecule has 24 heavy (non-hydrogen) atoms. The molecule has 0 atom stereocenters. The van der Waals surface area contributed by atoms with Gasteiger partial charge in [0.25, 0.3) is 0 Å². The molecule has 0 aliphatic heterocycles. The van der Waals surface area contributed by atoms with E-state index in [4.69, 9.17) is 4.74 Å². The van der Waals surface area contributed by atoms with Crippen LogP contribution in [0.25, 0.3) is 0 Å². The van der Waals surface area contributed by atoms with E-state index in [-0.39, 0.29) is 24.0 Å². The van der Waals surface area contributed by atoms with Crippen LogP contribution < -0.4 is 10.1 Å². The van der Waals surface area contributed by atoms with Gasteiger partial charge < -0.3 is 10.1 Å². The van der Waals surface area contributed by atoms with Gasteiger partial charge in [0.05, 0.1) is 6.54 Å². The lowest BCUT2D eigenvalue weighted by atomic mass is 10.2. The van der Waals surface area contributed by atoms with E-state index < -0.39 is 0 Å². The molecule has 0 aliphatic rings. The third-order valence-corrected chi connectivity index (χ3v) is 3.94. The molecule has 0 radical (unpaired) electrons. The summed E-state index contributed by atoms with van der Waals surface area (Å²) in [5.74, 6) is -0.265. The van der Waals surface area contributed by atoms with E-state index in [0.717, 1.165) is 15.7 Å². The third kappa shape index (κ3) is 5.62. The summed E-state index contributed by atoms with van der Waals surface area (Å²) in [6.45, 7) is 2.99. The zero-order chi connectivity index (χ0) is 17.5. The average Bonchev–Trinajstić information content (AvgIpc) is 2.52. The maximum absolute atomic E-state index is 13.4. The summed E-state index contributed by atoms with van der Waals surface area (Å²) in [6, 6.07) is 12.0. The van der Waals surface area contributed by atoms with Crippen molar-refractivity contribution in [2.45, 2.75) is 6.92 Å². The van der Waals surface area contributed by atoms with Gasteiger partial charge in [-0.15, -0.1) is 0 Å². The molecule has 4 nitrogen and oxygen atoms in total. The molecular formula is C18H20BrFN2O2. The molecule has 0 saturated heterocycles. The fourth-order valence-electron chi connectivity index (χ4n) is 2.15. The molecular weight excluding hydrogens is 375 g/mol. The van der Waals surface area contributed by atoms with Crippen LogP contribution in [-0.2, 0) is 4.79 Å². The quantitative estimate of drug-likeness (QED) is 0.775. The van der Waals surface area contributed by atoms with E-state index >= 15 is 0 Å². The minimum Gasteiger partial charge on any atom is -0.489 e. The Morgan fingerprint density at radius 2 is 2.04 bits per heavy atom. The number of nitrogens with one attached hydrogen (secondary N) is 1. The summed E-state index contributed by atoms with van der Waals surface area (Å²) in [5, 5.41) is 2.88. The minimum absolute atomic E-state index is 0.103. The van der Waals surface area contributed by atoms with Crippen LogP contribution in [0.2, 0.25) is 0 Å². The molecule has 2 rings (SSSR count). The summed E-state index contributed by atoms with van der Waals surface area (Å²) in [5.41, 5.74) is 1.78. The number of carbonyl (C=O) groups excluding carboxylic acids is 1. The van der Waals surface area contributed by atoms with Crippen LogP contribution in [0.15, 0.2) is 46.9 Å². The summed E-state index contributed by atoms with van der Waals surface area (Å²) in [4.78, 5) is 13.9. The summed E-state index contributed by atoms with van der Waals surface area (Å²) < 4.78 is 19.8. The maximum atomic E-state index is 13.4. The molecule has 0 unspecified atom stereocenters. The Kier molecular flexibility index (Phi) is 6.75. The van der Waals surface area contributed by atoms with E-state index in [1.54, 1.807) is 18.2 Å². The number of nitrogens with zero attached hydrogens (tertiary/aromatic N) is 1. The first kappa shape index (κ1) is 18.4. The predicted molar refractivity (Wildman–Crippen MR) is 96.9 cm³/mol. The summed E-state index contributed by atoms with van der Waals surface area (Å²) in [6.07, 6.45) is 0. The second-order valence-electron chi connectivity index (χ2n) is 5.52. The highest BCUT2D eigenvalue weighted by atomic mass is 79.9. The van der Waals surface area contributed by atoms with Crippen molar-refractivity contribution in [2.75, 3.05) is 32.1 Å². The normalized spacial score (nSPS) is 10.7. The van der Waals surface area contributed by atoms with Crippen LogP contribution >= 0.6 is 15.9 Å². The topological polar surface area (TPSA) is 41.6 Å². The first-order valence-corrected chi connectivity index (χ1v) is 8.37. The van der Waals surface area contributed by atoms with Gasteiger partial charge in [0.1, 0.15) is 6.61 Å². The second kappa shape index (κ2) is 8.80. The highest BCUT2D eigenvalue weighted by Crippen LogP contribution is 2.20. The number of para-hydroxylation sites is 1. The fourth-order valence-corrected chi connectivity index (χ4v) is 2.63. The number of anilines is 1. The van der Waals surface area contributed by atoms with Crippen molar-refractivity contribution in [2.24, 2.45) is 0 Å². The van der Waals surface area contributed by atoms with Crippen molar-refractivity contribution in [3.8, 4) is 5.75 Å². The van der Waals surface area contributed by atoms with Crippen molar-refractivity contribution < 1.29 is 13.9 Å². The van der Waals surface area contributed by atoms with E-state index in [2.05, 4.69) is 21.2 Å². The highest BCUT2D eigenvalue weighted by Gasteiger charge is 2.09. The Morgan fingerprint density at radius 1 is 1.29 bits per heavy atom. The standard InChI is InChI=1S/C18H20BrFN2O2/c1-13-11-14(19)7-8-16(13)21-18(23)12-22(2)9-10-24-17-6-4-3-5-15(17)20/h3-8,11H,9-10,12H2,1-2H3,(H,21,23). The molecule has 0 saturated carbocycles. The number of amides is 1. The van der Waals surface area contributed by atoms with Gasteiger partial charge in [-0.05, 0) is 49.9 Å². The maximum Gasteiger partial charge on any atom is 0.238 e. The first-order valence-electron chi connectivity index (χ1n) is 7.57. The molecule has 2 aromatic rings. The molecule has 0 aliphatic carbocycles. The van der Waals surface area contributed by atoms with Crippen LogP contribution in [0.4, 0.5) is 10.1 Å². The molecule has 128 valence electrons. The Labute approximate surface area is 149 Å². The molecule has 2 aromatic carbocycles. The van der Waals surface area contributed by atoms with Gasteiger partial charge in [-0.1, -0.05) is 28.1 Å². The van der Waals surface area contributed by atoms with Gasteiger partial charge in [-0.3, -0.25) is 9.69 Å². The number of aryl methyl sites for hydroxylation is 1. The number of halogens is 2. The van der Waals surface area contributed by atoms with Crippen molar-refractivity contribution >= 4 is 27.5 Å². The largest absolute Gasteiger partial charge is 0.489 e. The zero-order valence-corrected chi connectivity index (χ0v) is 15.3. The number of hydrogen-bond acceptors (Lipinski definition) is 3. The van der Waals surface area contributed by atoms with Crippen LogP contribution in [0.3, 0.4) is 0 Å². The van der Waals surface area contributed by atoms with Gasteiger partial charge in [-0.25, -0.2) is 4.39 Å². The second-order valence-corrected chi connectivity index (χ2v) is 6.44. The average molecular weight is 395 g/mol. The fraction of sp³-hybridized carbons (Fsp3) is 0.278. The SMILES string of the molecule is Cc1cc(Br)ccc1NC(=O)CN(C)CCOc1ccccc1F. The van der Waals surface area contributed by atoms with E-state index in [9.17, 15) is 9.18 Å². The minimum atomic E-state index is -0.386. The van der Waals surface area contributed by atoms with Crippen molar-refractivity contribution in [3.63, 3.8) is 0 Å². The molecule has 6 heteroatoms.